The topological polar surface area (TPSA) is 66.5 Å². The minimum Gasteiger partial charge on any atom is -0.311 e. The number of rotatable bonds is 4. The monoisotopic (exact) mass is 380 g/mol. The van der Waals surface area contributed by atoms with E-state index in [1.807, 2.05) is 26.0 Å². The maximum absolute atomic E-state index is 13.8. The molecule has 8 heteroatoms. The van der Waals surface area contributed by atoms with Gasteiger partial charge in [-0.05, 0) is 55.7 Å². The Bertz CT molecular complexity index is 976. The van der Waals surface area contributed by atoms with Crippen molar-refractivity contribution in [3.05, 3.63) is 59.2 Å². The molecule has 1 amide bonds. The van der Waals surface area contributed by atoms with E-state index in [1.165, 1.54) is 4.90 Å². The molecule has 138 valence electrons. The highest BCUT2D eigenvalue weighted by molar-refractivity contribution is 7.89. The number of nitrogens with one attached hydrogen (secondary N) is 1. The fraction of sp³-hybridized carbons (Fsp3) is 0.278. The lowest BCUT2D eigenvalue weighted by Gasteiger charge is -2.18. The first-order valence-electron chi connectivity index (χ1n) is 8.05. The Labute approximate surface area is 150 Å². The summed E-state index contributed by atoms with van der Waals surface area (Å²) < 4.78 is 53.7. The Balaban J connectivity index is 1.81. The van der Waals surface area contributed by atoms with Crippen LogP contribution in [0.1, 0.15) is 17.5 Å². The van der Waals surface area contributed by atoms with Gasteiger partial charge >= 0.3 is 0 Å². The number of anilines is 1. The molecule has 26 heavy (non-hydrogen) atoms. The van der Waals surface area contributed by atoms with Crippen LogP contribution in [0.2, 0.25) is 0 Å². The van der Waals surface area contributed by atoms with Crippen LogP contribution in [0.3, 0.4) is 0 Å². The standard InChI is InChI=1S/C18H18F2N2O3S/c1-11-3-5-14(9-12(11)2)22-8-7-16(18(22)23)21-26(24,25)17-6-4-13(19)10-15(17)20/h3-6,9-10,16,21H,7-8H2,1-2H3. The summed E-state index contributed by atoms with van der Waals surface area (Å²) in [7, 11) is -4.28. The molecule has 2 aromatic carbocycles. The lowest BCUT2D eigenvalue weighted by molar-refractivity contribution is -0.118. The SMILES string of the molecule is Cc1ccc(N2CCC(NS(=O)(=O)c3ccc(F)cc3F)C2=O)cc1C. The van der Waals surface area contributed by atoms with E-state index >= 15 is 0 Å². The van der Waals surface area contributed by atoms with Crippen molar-refractivity contribution < 1.29 is 22.0 Å². The van der Waals surface area contributed by atoms with E-state index in [1.54, 1.807) is 6.07 Å². The minimum absolute atomic E-state index is 0.258. The van der Waals surface area contributed by atoms with Gasteiger partial charge in [0.25, 0.3) is 0 Å². The molecular formula is C18H18F2N2O3S. The second kappa shape index (κ2) is 6.77. The minimum atomic E-state index is -4.28. The van der Waals surface area contributed by atoms with Crippen LogP contribution in [-0.2, 0) is 14.8 Å². The molecule has 1 aliphatic rings. The molecule has 0 aliphatic carbocycles. The van der Waals surface area contributed by atoms with E-state index in [9.17, 15) is 22.0 Å². The second-order valence-corrected chi connectivity index (χ2v) is 7.98. The van der Waals surface area contributed by atoms with Crippen molar-refractivity contribution in [3.63, 3.8) is 0 Å². The predicted molar refractivity (Wildman–Crippen MR) is 93.4 cm³/mol. The molecule has 1 N–H and O–H groups in total. The predicted octanol–water partition coefficient (Wildman–Crippen LogP) is 2.67. The molecule has 1 unspecified atom stereocenters. The van der Waals surface area contributed by atoms with Gasteiger partial charge in [-0.2, -0.15) is 4.72 Å². The highest BCUT2D eigenvalue weighted by atomic mass is 32.2. The number of carbonyl (C=O) groups excluding carboxylic acids is 1. The average Bonchev–Trinajstić information content (AvgIpc) is 2.90. The summed E-state index contributed by atoms with van der Waals surface area (Å²) >= 11 is 0. The van der Waals surface area contributed by atoms with Crippen LogP contribution in [-0.4, -0.2) is 26.9 Å². The van der Waals surface area contributed by atoms with Crippen molar-refractivity contribution in [2.24, 2.45) is 0 Å². The molecule has 2 aromatic rings. The zero-order chi connectivity index (χ0) is 19.1. The van der Waals surface area contributed by atoms with E-state index in [0.29, 0.717) is 18.3 Å². The number of halogens is 2. The Hall–Kier alpha value is -2.32. The van der Waals surface area contributed by atoms with E-state index in [2.05, 4.69) is 4.72 Å². The number of carbonyl (C=O) groups is 1. The number of nitrogens with zero attached hydrogens (tertiary/aromatic N) is 1. The van der Waals surface area contributed by atoms with Crippen LogP contribution in [0, 0.1) is 25.5 Å². The van der Waals surface area contributed by atoms with Gasteiger partial charge in [0.15, 0.2) is 0 Å². The first-order valence-corrected chi connectivity index (χ1v) is 9.53. The first-order chi connectivity index (χ1) is 12.2. The van der Waals surface area contributed by atoms with Crippen molar-refractivity contribution in [2.75, 3.05) is 11.4 Å². The molecule has 1 fully saturated rings. The Morgan fingerprint density at radius 2 is 1.81 bits per heavy atom. The Morgan fingerprint density at radius 3 is 2.46 bits per heavy atom. The summed E-state index contributed by atoms with van der Waals surface area (Å²) in [6.07, 6.45) is 0.258. The maximum Gasteiger partial charge on any atom is 0.245 e. The summed E-state index contributed by atoms with van der Waals surface area (Å²) in [5.74, 6) is -2.48. The molecule has 1 aliphatic heterocycles. The fourth-order valence-corrected chi connectivity index (χ4v) is 4.17. The van der Waals surface area contributed by atoms with Gasteiger partial charge in [0.2, 0.25) is 15.9 Å². The molecule has 1 saturated heterocycles. The van der Waals surface area contributed by atoms with Crippen molar-refractivity contribution in [1.82, 2.24) is 4.72 Å². The van der Waals surface area contributed by atoms with Crippen LogP contribution >= 0.6 is 0 Å². The second-order valence-electron chi connectivity index (χ2n) is 6.30. The fourth-order valence-electron chi connectivity index (χ4n) is 2.88. The number of hydrogen-bond acceptors (Lipinski definition) is 3. The van der Waals surface area contributed by atoms with E-state index in [4.69, 9.17) is 0 Å². The zero-order valence-electron chi connectivity index (χ0n) is 14.3. The zero-order valence-corrected chi connectivity index (χ0v) is 15.1. The van der Waals surface area contributed by atoms with Gasteiger partial charge in [0.05, 0.1) is 0 Å². The van der Waals surface area contributed by atoms with E-state index < -0.39 is 38.5 Å². The van der Waals surface area contributed by atoms with Gasteiger partial charge in [0, 0.05) is 18.3 Å². The molecular weight excluding hydrogens is 362 g/mol. The third-order valence-electron chi connectivity index (χ3n) is 4.49. The number of hydrogen-bond donors (Lipinski definition) is 1. The van der Waals surface area contributed by atoms with Crippen molar-refractivity contribution in [1.29, 1.82) is 0 Å². The summed E-state index contributed by atoms with van der Waals surface area (Å²) in [5.41, 5.74) is 2.80. The van der Waals surface area contributed by atoms with Crippen molar-refractivity contribution in [2.45, 2.75) is 31.2 Å². The summed E-state index contributed by atoms with van der Waals surface area (Å²) in [4.78, 5) is 13.4. The van der Waals surface area contributed by atoms with Crippen molar-refractivity contribution >= 4 is 21.6 Å². The summed E-state index contributed by atoms with van der Waals surface area (Å²) in [6.45, 7) is 4.23. The molecule has 0 saturated carbocycles. The molecule has 0 bridgehead atoms. The molecule has 5 nitrogen and oxygen atoms in total. The summed E-state index contributed by atoms with van der Waals surface area (Å²) in [6, 6.07) is 6.75. The van der Waals surface area contributed by atoms with Gasteiger partial charge < -0.3 is 4.90 Å². The molecule has 0 radical (unpaired) electrons. The molecule has 1 heterocycles. The van der Waals surface area contributed by atoms with E-state index in [-0.39, 0.29) is 6.42 Å². The molecule has 0 aromatic heterocycles. The van der Waals surface area contributed by atoms with Crippen LogP contribution in [0.5, 0.6) is 0 Å². The van der Waals surface area contributed by atoms with Crippen LogP contribution in [0.15, 0.2) is 41.3 Å². The molecule has 1 atom stereocenters. The smallest absolute Gasteiger partial charge is 0.245 e. The first kappa shape index (κ1) is 18.5. The van der Waals surface area contributed by atoms with Gasteiger partial charge in [-0.25, -0.2) is 17.2 Å². The largest absolute Gasteiger partial charge is 0.311 e. The van der Waals surface area contributed by atoms with Crippen LogP contribution < -0.4 is 9.62 Å². The third-order valence-corrected chi connectivity index (χ3v) is 5.99. The Kier molecular flexibility index (Phi) is 4.81. The number of benzene rings is 2. The van der Waals surface area contributed by atoms with Gasteiger partial charge in [-0.1, -0.05) is 6.07 Å². The lowest BCUT2D eigenvalue weighted by atomic mass is 10.1. The maximum atomic E-state index is 13.8. The number of sulfonamides is 1. The van der Waals surface area contributed by atoms with Crippen LogP contribution in [0.4, 0.5) is 14.5 Å². The lowest BCUT2D eigenvalue weighted by Crippen LogP contribution is -2.41. The average molecular weight is 380 g/mol. The highest BCUT2D eigenvalue weighted by Crippen LogP contribution is 2.25. The van der Waals surface area contributed by atoms with Gasteiger partial charge in [-0.15, -0.1) is 0 Å². The van der Waals surface area contributed by atoms with Gasteiger partial charge in [-0.3, -0.25) is 4.79 Å². The van der Waals surface area contributed by atoms with Gasteiger partial charge in [0.1, 0.15) is 22.6 Å². The number of amides is 1. The third kappa shape index (κ3) is 3.47. The quantitative estimate of drug-likeness (QED) is 0.887. The van der Waals surface area contributed by atoms with Crippen molar-refractivity contribution in [3.8, 4) is 0 Å². The molecule has 3 rings (SSSR count). The Morgan fingerprint density at radius 1 is 1.08 bits per heavy atom. The van der Waals surface area contributed by atoms with Crippen LogP contribution in [0.25, 0.3) is 0 Å². The van der Waals surface area contributed by atoms with E-state index in [0.717, 1.165) is 23.3 Å². The number of aryl methyl sites for hydroxylation is 2. The normalized spacial score (nSPS) is 17.8. The highest BCUT2D eigenvalue weighted by Gasteiger charge is 2.36. The summed E-state index contributed by atoms with van der Waals surface area (Å²) in [5, 5.41) is 0. The molecule has 0 spiro atoms.